The predicted octanol–water partition coefficient (Wildman–Crippen LogP) is 3.31. The SMILES string of the molecule is CCc1cc(-c2[nH]ncc2NC(=O)c2ccccc2OC)c(O)cc1O. The van der Waals surface area contributed by atoms with Gasteiger partial charge in [-0.05, 0) is 30.2 Å². The third-order valence-electron chi connectivity index (χ3n) is 4.09. The summed E-state index contributed by atoms with van der Waals surface area (Å²) in [5.41, 5.74) is 2.35. The number of methoxy groups -OCH3 is 1. The van der Waals surface area contributed by atoms with Crippen molar-refractivity contribution in [1.82, 2.24) is 10.2 Å². The number of ether oxygens (including phenoxy) is 1. The Morgan fingerprint density at radius 2 is 2.00 bits per heavy atom. The van der Waals surface area contributed by atoms with Gasteiger partial charge >= 0.3 is 0 Å². The molecule has 1 aromatic heterocycles. The Hall–Kier alpha value is -3.48. The molecule has 0 unspecified atom stereocenters. The molecule has 1 heterocycles. The van der Waals surface area contributed by atoms with Gasteiger partial charge in [0.2, 0.25) is 0 Å². The number of aromatic hydroxyl groups is 2. The van der Waals surface area contributed by atoms with Crippen LogP contribution in [0.1, 0.15) is 22.8 Å². The van der Waals surface area contributed by atoms with Crippen LogP contribution in [0.5, 0.6) is 17.2 Å². The number of amides is 1. The summed E-state index contributed by atoms with van der Waals surface area (Å²) >= 11 is 0. The summed E-state index contributed by atoms with van der Waals surface area (Å²) in [5, 5.41) is 29.6. The maximum atomic E-state index is 12.6. The molecule has 0 radical (unpaired) electrons. The number of rotatable bonds is 5. The summed E-state index contributed by atoms with van der Waals surface area (Å²) in [6.45, 7) is 1.90. The smallest absolute Gasteiger partial charge is 0.259 e. The zero-order valence-corrected chi connectivity index (χ0v) is 14.4. The van der Waals surface area contributed by atoms with Gasteiger partial charge in [-0.25, -0.2) is 0 Å². The Balaban J connectivity index is 1.96. The first-order chi connectivity index (χ1) is 12.5. The minimum Gasteiger partial charge on any atom is -0.508 e. The lowest BCUT2D eigenvalue weighted by molar-refractivity contribution is 0.102. The molecular weight excluding hydrogens is 334 g/mol. The molecule has 7 nitrogen and oxygen atoms in total. The summed E-state index contributed by atoms with van der Waals surface area (Å²) in [5.74, 6) is -0.000471. The molecule has 0 saturated carbocycles. The van der Waals surface area contributed by atoms with Crippen molar-refractivity contribution in [2.45, 2.75) is 13.3 Å². The highest BCUT2D eigenvalue weighted by Crippen LogP contribution is 2.37. The average Bonchev–Trinajstić information content (AvgIpc) is 3.09. The van der Waals surface area contributed by atoms with Crippen LogP contribution < -0.4 is 10.1 Å². The molecule has 26 heavy (non-hydrogen) atoms. The number of para-hydroxylation sites is 1. The lowest BCUT2D eigenvalue weighted by Crippen LogP contribution is -2.13. The molecule has 3 aromatic rings. The second-order valence-electron chi connectivity index (χ2n) is 5.66. The molecule has 7 heteroatoms. The summed E-state index contributed by atoms with van der Waals surface area (Å²) in [7, 11) is 1.50. The lowest BCUT2D eigenvalue weighted by atomic mass is 10.0. The van der Waals surface area contributed by atoms with E-state index in [1.54, 1.807) is 30.3 Å². The summed E-state index contributed by atoms with van der Waals surface area (Å²) < 4.78 is 5.21. The summed E-state index contributed by atoms with van der Waals surface area (Å²) in [4.78, 5) is 12.6. The fourth-order valence-corrected chi connectivity index (χ4v) is 2.71. The molecule has 0 saturated heterocycles. The van der Waals surface area contributed by atoms with Crippen molar-refractivity contribution in [2.75, 3.05) is 12.4 Å². The third kappa shape index (κ3) is 3.19. The first kappa shape index (κ1) is 17.3. The number of benzene rings is 2. The van der Waals surface area contributed by atoms with Crippen LogP contribution in [0.2, 0.25) is 0 Å². The van der Waals surface area contributed by atoms with Gasteiger partial charge in [0.15, 0.2) is 0 Å². The quantitative estimate of drug-likeness (QED) is 0.563. The number of nitrogens with zero attached hydrogens (tertiary/aromatic N) is 1. The number of aromatic amines is 1. The third-order valence-corrected chi connectivity index (χ3v) is 4.09. The van der Waals surface area contributed by atoms with E-state index in [0.29, 0.717) is 40.2 Å². The fourth-order valence-electron chi connectivity index (χ4n) is 2.71. The maximum Gasteiger partial charge on any atom is 0.259 e. The van der Waals surface area contributed by atoms with Gasteiger partial charge in [-0.1, -0.05) is 19.1 Å². The van der Waals surface area contributed by atoms with E-state index in [0.717, 1.165) is 0 Å². The van der Waals surface area contributed by atoms with Gasteiger partial charge in [-0.15, -0.1) is 0 Å². The molecule has 0 bridgehead atoms. The van der Waals surface area contributed by atoms with Crippen molar-refractivity contribution in [3.8, 4) is 28.5 Å². The van der Waals surface area contributed by atoms with Gasteiger partial charge in [0.25, 0.3) is 5.91 Å². The number of phenols is 2. The maximum absolute atomic E-state index is 12.6. The Kier molecular flexibility index (Phi) is 4.79. The van der Waals surface area contributed by atoms with E-state index in [-0.39, 0.29) is 17.4 Å². The number of anilines is 1. The van der Waals surface area contributed by atoms with Crippen molar-refractivity contribution in [3.05, 3.63) is 53.7 Å². The molecule has 0 fully saturated rings. The highest BCUT2D eigenvalue weighted by molar-refractivity contribution is 6.07. The number of aromatic nitrogens is 2. The summed E-state index contributed by atoms with van der Waals surface area (Å²) in [6.07, 6.45) is 2.05. The van der Waals surface area contributed by atoms with Crippen molar-refractivity contribution < 1.29 is 19.7 Å². The number of hydrogen-bond acceptors (Lipinski definition) is 5. The molecule has 0 atom stereocenters. The van der Waals surface area contributed by atoms with E-state index >= 15 is 0 Å². The highest BCUT2D eigenvalue weighted by Gasteiger charge is 2.18. The predicted molar refractivity (Wildman–Crippen MR) is 97.7 cm³/mol. The van der Waals surface area contributed by atoms with Crippen LogP contribution >= 0.6 is 0 Å². The van der Waals surface area contributed by atoms with Crippen LogP contribution in [-0.4, -0.2) is 33.4 Å². The van der Waals surface area contributed by atoms with E-state index in [1.807, 2.05) is 6.92 Å². The Morgan fingerprint density at radius 1 is 1.23 bits per heavy atom. The number of aryl methyl sites for hydroxylation is 1. The molecule has 2 aromatic carbocycles. The monoisotopic (exact) mass is 353 g/mol. The van der Waals surface area contributed by atoms with Crippen LogP contribution in [0, 0.1) is 0 Å². The van der Waals surface area contributed by atoms with Gasteiger partial charge in [0.1, 0.15) is 17.2 Å². The molecular formula is C19H19N3O4. The topological polar surface area (TPSA) is 107 Å². The number of hydrogen-bond donors (Lipinski definition) is 4. The molecule has 4 N–H and O–H groups in total. The molecule has 134 valence electrons. The Morgan fingerprint density at radius 3 is 2.73 bits per heavy atom. The molecule has 0 aliphatic carbocycles. The first-order valence-corrected chi connectivity index (χ1v) is 8.08. The largest absolute Gasteiger partial charge is 0.508 e. The van der Waals surface area contributed by atoms with Gasteiger partial charge in [-0.2, -0.15) is 5.10 Å². The normalized spacial score (nSPS) is 10.5. The van der Waals surface area contributed by atoms with Crippen molar-refractivity contribution in [3.63, 3.8) is 0 Å². The highest BCUT2D eigenvalue weighted by atomic mass is 16.5. The minimum absolute atomic E-state index is 0.0212. The zero-order chi connectivity index (χ0) is 18.7. The second-order valence-corrected chi connectivity index (χ2v) is 5.66. The summed E-state index contributed by atoms with van der Waals surface area (Å²) in [6, 6.07) is 9.82. The molecule has 3 rings (SSSR count). The van der Waals surface area contributed by atoms with Gasteiger partial charge < -0.3 is 20.3 Å². The lowest BCUT2D eigenvalue weighted by Gasteiger charge is -2.11. The fraction of sp³-hybridized carbons (Fsp3) is 0.158. The first-order valence-electron chi connectivity index (χ1n) is 8.08. The number of H-pyrrole nitrogens is 1. The number of carbonyl (C=O) groups excluding carboxylic acids is 1. The molecule has 0 aliphatic rings. The standard InChI is InChI=1S/C19H19N3O4/c1-3-11-8-13(16(24)9-15(11)23)18-14(10-20-22-18)21-19(25)12-6-4-5-7-17(12)26-2/h4-10,23-24H,3H2,1-2H3,(H,20,22)(H,21,25). The van der Waals surface area contributed by atoms with Gasteiger partial charge in [-0.3, -0.25) is 9.89 Å². The van der Waals surface area contributed by atoms with Crippen molar-refractivity contribution >= 4 is 11.6 Å². The average molecular weight is 353 g/mol. The molecule has 0 spiro atoms. The van der Waals surface area contributed by atoms with Crippen LogP contribution in [0.3, 0.4) is 0 Å². The Bertz CT molecular complexity index is 950. The molecule has 0 aliphatic heterocycles. The van der Waals surface area contributed by atoms with Gasteiger partial charge in [0.05, 0.1) is 30.3 Å². The van der Waals surface area contributed by atoms with E-state index < -0.39 is 0 Å². The number of phenolic OH excluding ortho intramolecular Hbond substituents is 2. The van der Waals surface area contributed by atoms with E-state index in [2.05, 4.69) is 15.5 Å². The van der Waals surface area contributed by atoms with E-state index in [9.17, 15) is 15.0 Å². The second kappa shape index (κ2) is 7.18. The van der Waals surface area contributed by atoms with Crippen LogP contribution in [-0.2, 0) is 6.42 Å². The van der Waals surface area contributed by atoms with E-state index in [4.69, 9.17) is 4.74 Å². The minimum atomic E-state index is -0.362. The van der Waals surface area contributed by atoms with E-state index in [1.165, 1.54) is 19.4 Å². The van der Waals surface area contributed by atoms with Crippen molar-refractivity contribution in [1.29, 1.82) is 0 Å². The van der Waals surface area contributed by atoms with Crippen LogP contribution in [0.4, 0.5) is 5.69 Å². The van der Waals surface area contributed by atoms with Crippen molar-refractivity contribution in [2.24, 2.45) is 0 Å². The molecule has 1 amide bonds. The zero-order valence-electron chi connectivity index (χ0n) is 14.4. The number of carbonyl (C=O) groups is 1. The van der Waals surface area contributed by atoms with Crippen LogP contribution in [0.25, 0.3) is 11.3 Å². The number of nitrogens with one attached hydrogen (secondary N) is 2. The van der Waals surface area contributed by atoms with Crippen LogP contribution in [0.15, 0.2) is 42.6 Å². The van der Waals surface area contributed by atoms with Gasteiger partial charge in [0, 0.05) is 11.6 Å². The Labute approximate surface area is 150 Å².